The smallest absolute Gasteiger partial charge is 0.410 e. The number of halogens is 1. The van der Waals surface area contributed by atoms with Crippen LogP contribution in [0.2, 0.25) is 0 Å². The maximum Gasteiger partial charge on any atom is 0.410 e. The van der Waals surface area contributed by atoms with Crippen molar-refractivity contribution in [1.29, 1.82) is 0 Å². The Bertz CT molecular complexity index is 1180. The van der Waals surface area contributed by atoms with Gasteiger partial charge < -0.3 is 19.1 Å². The number of hydrogen-bond donors (Lipinski definition) is 0. The molecule has 0 saturated heterocycles. The van der Waals surface area contributed by atoms with Crippen molar-refractivity contribution < 1.29 is 19.0 Å². The Labute approximate surface area is 203 Å². The zero-order chi connectivity index (χ0) is 23.8. The van der Waals surface area contributed by atoms with Gasteiger partial charge in [-0.1, -0.05) is 36.4 Å². The summed E-state index contributed by atoms with van der Waals surface area (Å²) in [6.45, 7) is 6.26. The van der Waals surface area contributed by atoms with Crippen LogP contribution in [0.4, 0.5) is 4.79 Å². The second kappa shape index (κ2) is 9.26. The molecule has 1 amide bonds. The molecular weight excluding hydrogens is 482 g/mol. The summed E-state index contributed by atoms with van der Waals surface area (Å²) in [5, 5.41) is 2.33. The van der Waals surface area contributed by atoms with E-state index in [0.29, 0.717) is 24.5 Å². The molecule has 3 aromatic rings. The highest BCUT2D eigenvalue weighted by molar-refractivity contribution is 9.10. The van der Waals surface area contributed by atoms with Gasteiger partial charge in [0, 0.05) is 11.0 Å². The molecule has 0 spiro atoms. The first-order valence-electron chi connectivity index (χ1n) is 11.1. The quantitative estimate of drug-likeness (QED) is 0.391. The summed E-state index contributed by atoms with van der Waals surface area (Å²) in [5.74, 6) is 1.36. The lowest BCUT2D eigenvalue weighted by atomic mass is 9.88. The fourth-order valence-corrected chi connectivity index (χ4v) is 5.09. The van der Waals surface area contributed by atoms with Gasteiger partial charge in [0.1, 0.15) is 5.60 Å². The van der Waals surface area contributed by atoms with Crippen molar-refractivity contribution in [2.45, 2.75) is 45.3 Å². The van der Waals surface area contributed by atoms with Crippen LogP contribution in [0.5, 0.6) is 11.5 Å². The Balaban J connectivity index is 1.80. The Morgan fingerprint density at radius 3 is 2.45 bits per heavy atom. The molecule has 0 aromatic heterocycles. The maximum absolute atomic E-state index is 13.2. The van der Waals surface area contributed by atoms with Gasteiger partial charge in [0.25, 0.3) is 0 Å². The summed E-state index contributed by atoms with van der Waals surface area (Å²) in [4.78, 5) is 15.1. The van der Waals surface area contributed by atoms with Gasteiger partial charge in [0.05, 0.1) is 20.3 Å². The van der Waals surface area contributed by atoms with Crippen LogP contribution in [0, 0.1) is 0 Å². The minimum absolute atomic E-state index is 0.194. The first-order chi connectivity index (χ1) is 15.7. The molecule has 1 heterocycles. The van der Waals surface area contributed by atoms with Crippen LogP contribution in [-0.2, 0) is 17.6 Å². The highest BCUT2D eigenvalue weighted by Gasteiger charge is 2.35. The van der Waals surface area contributed by atoms with Gasteiger partial charge in [0.15, 0.2) is 11.5 Å². The third-order valence-corrected chi connectivity index (χ3v) is 6.92. The molecule has 0 aliphatic carbocycles. The Morgan fingerprint density at radius 1 is 1.06 bits per heavy atom. The number of benzene rings is 3. The van der Waals surface area contributed by atoms with Crippen molar-refractivity contribution >= 4 is 32.8 Å². The molecule has 0 bridgehead atoms. The third-order valence-electron chi connectivity index (χ3n) is 5.99. The van der Waals surface area contributed by atoms with Gasteiger partial charge in [-0.05, 0) is 89.1 Å². The van der Waals surface area contributed by atoms with Crippen molar-refractivity contribution in [2.75, 3.05) is 20.8 Å². The third kappa shape index (κ3) is 4.81. The summed E-state index contributed by atoms with van der Waals surface area (Å²) in [6.07, 6.45) is 1.07. The normalized spacial score (nSPS) is 15.8. The number of ether oxygens (including phenoxy) is 3. The van der Waals surface area contributed by atoms with Gasteiger partial charge in [0.2, 0.25) is 0 Å². The topological polar surface area (TPSA) is 48.0 Å². The second-order valence-corrected chi connectivity index (χ2v) is 10.1. The van der Waals surface area contributed by atoms with E-state index >= 15 is 0 Å². The standard InChI is InChI=1S/C27H30BrNO4/c1-27(2,3)33-26(30)29-13-12-18-15-23(31-4)24(32-5)16-21(18)22(29)14-19-11-10-17-8-6-7-9-20(17)25(19)28/h6-11,15-16,22H,12-14H2,1-5H3. The van der Waals surface area contributed by atoms with E-state index in [1.807, 2.05) is 49.9 Å². The molecule has 1 atom stereocenters. The zero-order valence-corrected chi connectivity index (χ0v) is 21.4. The van der Waals surface area contributed by atoms with Crippen LogP contribution in [0.15, 0.2) is 53.0 Å². The first-order valence-corrected chi connectivity index (χ1v) is 11.9. The monoisotopic (exact) mass is 511 g/mol. The maximum atomic E-state index is 13.2. The van der Waals surface area contributed by atoms with Crippen molar-refractivity contribution in [3.05, 3.63) is 69.7 Å². The van der Waals surface area contributed by atoms with Crippen molar-refractivity contribution in [1.82, 2.24) is 4.90 Å². The van der Waals surface area contributed by atoms with E-state index in [-0.39, 0.29) is 12.1 Å². The Hall–Kier alpha value is -2.73. The van der Waals surface area contributed by atoms with Crippen LogP contribution in [0.1, 0.15) is 43.5 Å². The molecular formula is C27H30BrNO4. The van der Waals surface area contributed by atoms with E-state index in [4.69, 9.17) is 14.2 Å². The molecule has 5 nitrogen and oxygen atoms in total. The molecule has 1 aliphatic rings. The molecule has 6 heteroatoms. The fraction of sp³-hybridized carbons (Fsp3) is 0.370. The number of nitrogens with zero attached hydrogens (tertiary/aromatic N) is 1. The van der Waals surface area contributed by atoms with Gasteiger partial charge in [-0.3, -0.25) is 0 Å². The Morgan fingerprint density at radius 2 is 1.76 bits per heavy atom. The minimum atomic E-state index is -0.566. The summed E-state index contributed by atoms with van der Waals surface area (Å²) >= 11 is 3.83. The number of fused-ring (bicyclic) bond motifs is 2. The number of rotatable bonds is 4. The van der Waals surface area contributed by atoms with E-state index in [9.17, 15) is 4.79 Å². The number of carbonyl (C=O) groups is 1. The molecule has 0 N–H and O–H groups in total. The highest BCUT2D eigenvalue weighted by Crippen LogP contribution is 2.41. The average molecular weight is 512 g/mol. The summed E-state index contributed by atoms with van der Waals surface area (Å²) in [6, 6.07) is 16.4. The van der Waals surface area contributed by atoms with E-state index in [1.54, 1.807) is 14.2 Å². The SMILES string of the molecule is COc1cc2c(cc1OC)C(Cc1ccc3ccccc3c1Br)N(C(=O)OC(C)(C)C)CC2. The summed E-state index contributed by atoms with van der Waals surface area (Å²) < 4.78 is 17.9. The summed E-state index contributed by atoms with van der Waals surface area (Å²) in [7, 11) is 3.28. The van der Waals surface area contributed by atoms with Crippen LogP contribution in [0.3, 0.4) is 0 Å². The lowest BCUT2D eigenvalue weighted by molar-refractivity contribution is 0.0141. The van der Waals surface area contributed by atoms with Crippen LogP contribution < -0.4 is 9.47 Å². The molecule has 1 unspecified atom stereocenters. The molecule has 174 valence electrons. The molecule has 0 radical (unpaired) electrons. The zero-order valence-electron chi connectivity index (χ0n) is 19.8. The molecule has 3 aromatic carbocycles. The molecule has 4 rings (SSSR count). The van der Waals surface area contributed by atoms with Crippen molar-refractivity contribution in [3.8, 4) is 11.5 Å². The highest BCUT2D eigenvalue weighted by atomic mass is 79.9. The van der Waals surface area contributed by atoms with E-state index in [2.05, 4.69) is 40.2 Å². The average Bonchev–Trinajstić information content (AvgIpc) is 2.79. The predicted octanol–water partition coefficient (Wildman–Crippen LogP) is 6.70. The van der Waals surface area contributed by atoms with Crippen molar-refractivity contribution in [2.24, 2.45) is 0 Å². The number of hydrogen-bond acceptors (Lipinski definition) is 4. The lowest BCUT2D eigenvalue weighted by Crippen LogP contribution is -2.43. The number of carbonyl (C=O) groups excluding carboxylic acids is 1. The largest absolute Gasteiger partial charge is 0.493 e. The number of methoxy groups -OCH3 is 2. The van der Waals surface area contributed by atoms with E-state index < -0.39 is 5.60 Å². The lowest BCUT2D eigenvalue weighted by Gasteiger charge is -2.38. The first kappa shape index (κ1) is 23.4. The second-order valence-electron chi connectivity index (χ2n) is 9.31. The van der Waals surface area contributed by atoms with Crippen LogP contribution in [-0.4, -0.2) is 37.4 Å². The van der Waals surface area contributed by atoms with Gasteiger partial charge >= 0.3 is 6.09 Å². The predicted molar refractivity (Wildman–Crippen MR) is 134 cm³/mol. The van der Waals surface area contributed by atoms with Gasteiger partial charge in [-0.15, -0.1) is 0 Å². The molecule has 0 fully saturated rings. The summed E-state index contributed by atoms with van der Waals surface area (Å²) in [5.41, 5.74) is 2.79. The van der Waals surface area contributed by atoms with E-state index in [1.165, 1.54) is 5.39 Å². The van der Waals surface area contributed by atoms with Gasteiger partial charge in [-0.25, -0.2) is 4.79 Å². The molecule has 1 aliphatic heterocycles. The molecule has 33 heavy (non-hydrogen) atoms. The Kier molecular flexibility index (Phi) is 6.57. The van der Waals surface area contributed by atoms with E-state index in [0.717, 1.165) is 33.0 Å². The van der Waals surface area contributed by atoms with Crippen LogP contribution >= 0.6 is 15.9 Å². The molecule has 0 saturated carbocycles. The van der Waals surface area contributed by atoms with Gasteiger partial charge in [-0.2, -0.15) is 0 Å². The number of amides is 1. The van der Waals surface area contributed by atoms with Crippen molar-refractivity contribution in [3.63, 3.8) is 0 Å². The fourth-order valence-electron chi connectivity index (χ4n) is 4.43. The minimum Gasteiger partial charge on any atom is -0.493 e. The van der Waals surface area contributed by atoms with Crippen LogP contribution in [0.25, 0.3) is 10.8 Å².